The minimum Gasteiger partial charge on any atom is -0.423 e. The third kappa shape index (κ3) is 4.59. The molecule has 0 spiro atoms. The molecule has 2 aromatic rings. The molecule has 0 bridgehead atoms. The largest absolute Gasteiger partial charge is 0.423 e. The minimum absolute atomic E-state index is 0.113. The maximum absolute atomic E-state index is 13.6. The van der Waals surface area contributed by atoms with Crippen LogP contribution in [0.1, 0.15) is 6.42 Å². The summed E-state index contributed by atoms with van der Waals surface area (Å²) in [5, 5.41) is 0. The van der Waals surface area contributed by atoms with Gasteiger partial charge in [-0.15, -0.1) is 0 Å². The molecule has 0 fully saturated rings. The standard InChI is InChI=1S/C15H8Br2F2O4/c16-8-3-1-5-10(14(8)18)22-12(20)7-13(21)23-11-6-2-4-9(17)15(11)19/h1-6H,7H2. The van der Waals surface area contributed by atoms with Crippen LogP contribution in [0, 0.1) is 11.6 Å². The van der Waals surface area contributed by atoms with Crippen LogP contribution in [-0.4, -0.2) is 11.9 Å². The van der Waals surface area contributed by atoms with E-state index in [0.29, 0.717) is 0 Å². The van der Waals surface area contributed by atoms with Gasteiger partial charge in [-0.05, 0) is 56.1 Å². The second-order valence-electron chi connectivity index (χ2n) is 4.23. The van der Waals surface area contributed by atoms with Gasteiger partial charge in [-0.2, -0.15) is 0 Å². The van der Waals surface area contributed by atoms with Crippen molar-refractivity contribution in [3.05, 3.63) is 57.0 Å². The first-order chi connectivity index (χ1) is 10.9. The van der Waals surface area contributed by atoms with Crippen molar-refractivity contribution in [2.75, 3.05) is 0 Å². The van der Waals surface area contributed by atoms with Crippen molar-refractivity contribution in [1.29, 1.82) is 0 Å². The molecule has 0 atom stereocenters. The first kappa shape index (κ1) is 17.6. The lowest BCUT2D eigenvalue weighted by atomic mass is 10.3. The summed E-state index contributed by atoms with van der Waals surface area (Å²) in [6.07, 6.45) is -0.794. The lowest BCUT2D eigenvalue weighted by Gasteiger charge is -2.07. The van der Waals surface area contributed by atoms with E-state index >= 15 is 0 Å². The van der Waals surface area contributed by atoms with E-state index in [0.717, 1.165) is 0 Å². The monoisotopic (exact) mass is 448 g/mol. The summed E-state index contributed by atoms with van der Waals surface area (Å²) in [5.74, 6) is -4.25. The van der Waals surface area contributed by atoms with E-state index in [4.69, 9.17) is 9.47 Å². The van der Waals surface area contributed by atoms with Gasteiger partial charge >= 0.3 is 11.9 Å². The molecule has 8 heteroatoms. The van der Waals surface area contributed by atoms with Gasteiger partial charge in [0.15, 0.2) is 23.1 Å². The Hall–Kier alpha value is -1.80. The lowest BCUT2D eigenvalue weighted by Crippen LogP contribution is -2.19. The van der Waals surface area contributed by atoms with E-state index in [1.807, 2.05) is 0 Å². The van der Waals surface area contributed by atoms with E-state index in [2.05, 4.69) is 31.9 Å². The van der Waals surface area contributed by atoms with E-state index in [1.165, 1.54) is 36.4 Å². The smallest absolute Gasteiger partial charge is 0.322 e. The fourth-order valence-corrected chi connectivity index (χ4v) is 2.26. The average Bonchev–Trinajstić information content (AvgIpc) is 2.48. The molecule has 0 amide bonds. The molecule has 0 aliphatic heterocycles. The Bertz CT molecular complexity index is 702. The van der Waals surface area contributed by atoms with Crippen LogP contribution in [0.3, 0.4) is 0 Å². The van der Waals surface area contributed by atoms with Gasteiger partial charge in [0.1, 0.15) is 6.42 Å². The van der Waals surface area contributed by atoms with Crippen molar-refractivity contribution < 1.29 is 27.8 Å². The first-order valence-corrected chi connectivity index (χ1v) is 7.76. The molecule has 120 valence electrons. The van der Waals surface area contributed by atoms with Crippen LogP contribution in [0.4, 0.5) is 8.78 Å². The third-order valence-corrected chi connectivity index (χ3v) is 3.79. The SMILES string of the molecule is O=C(CC(=O)Oc1cccc(Br)c1F)Oc1cccc(Br)c1F. The van der Waals surface area contributed by atoms with Crippen molar-refractivity contribution in [1.82, 2.24) is 0 Å². The van der Waals surface area contributed by atoms with Crippen LogP contribution in [0.15, 0.2) is 45.3 Å². The fraction of sp³-hybridized carbons (Fsp3) is 0.0667. The first-order valence-electron chi connectivity index (χ1n) is 6.18. The number of halogens is 4. The summed E-state index contributed by atoms with van der Waals surface area (Å²) >= 11 is 5.88. The molecule has 0 aromatic heterocycles. The lowest BCUT2D eigenvalue weighted by molar-refractivity contribution is -0.144. The molecule has 4 nitrogen and oxygen atoms in total. The van der Waals surface area contributed by atoms with E-state index in [1.54, 1.807) is 0 Å². The number of carbonyl (C=O) groups is 2. The summed E-state index contributed by atoms with van der Waals surface area (Å²) in [7, 11) is 0. The third-order valence-electron chi connectivity index (χ3n) is 2.57. The average molecular weight is 450 g/mol. The molecule has 23 heavy (non-hydrogen) atoms. The van der Waals surface area contributed by atoms with Gasteiger partial charge in [-0.25, -0.2) is 8.78 Å². The number of esters is 2. The summed E-state index contributed by atoms with van der Waals surface area (Å²) in [5.41, 5.74) is 0. The van der Waals surface area contributed by atoms with Crippen LogP contribution < -0.4 is 9.47 Å². The highest BCUT2D eigenvalue weighted by molar-refractivity contribution is 9.10. The Balaban J connectivity index is 1.99. The van der Waals surface area contributed by atoms with Crippen molar-refractivity contribution in [2.45, 2.75) is 6.42 Å². The zero-order valence-electron chi connectivity index (χ0n) is 11.3. The normalized spacial score (nSPS) is 10.3. The highest BCUT2D eigenvalue weighted by Crippen LogP contribution is 2.26. The maximum Gasteiger partial charge on any atom is 0.322 e. The molecule has 2 rings (SSSR count). The molecule has 0 aliphatic carbocycles. The Labute approximate surface area is 146 Å². The fourth-order valence-electron chi connectivity index (χ4n) is 1.56. The quantitative estimate of drug-likeness (QED) is 0.394. The Morgan fingerprint density at radius 2 is 1.22 bits per heavy atom. The topological polar surface area (TPSA) is 52.6 Å². The Kier molecular flexibility index (Phi) is 5.84. The molecule has 0 N–H and O–H groups in total. The predicted octanol–water partition coefficient (Wildman–Crippen LogP) is 4.39. The summed E-state index contributed by atoms with van der Waals surface area (Å²) < 4.78 is 37.0. The molecule has 0 saturated heterocycles. The van der Waals surface area contributed by atoms with Gasteiger partial charge < -0.3 is 9.47 Å². The van der Waals surface area contributed by atoms with Crippen LogP contribution in [0.5, 0.6) is 11.5 Å². The van der Waals surface area contributed by atoms with Crippen LogP contribution in [0.25, 0.3) is 0 Å². The number of carbonyl (C=O) groups excluding carboxylic acids is 2. The van der Waals surface area contributed by atoms with Crippen molar-refractivity contribution in [3.63, 3.8) is 0 Å². The molecular weight excluding hydrogens is 442 g/mol. The molecule has 0 aliphatic rings. The van der Waals surface area contributed by atoms with Gasteiger partial charge in [-0.3, -0.25) is 9.59 Å². The molecule has 2 aromatic carbocycles. The van der Waals surface area contributed by atoms with Crippen molar-refractivity contribution >= 4 is 43.8 Å². The Morgan fingerprint density at radius 3 is 1.61 bits per heavy atom. The zero-order valence-corrected chi connectivity index (χ0v) is 14.5. The van der Waals surface area contributed by atoms with Gasteiger partial charge in [0.2, 0.25) is 0 Å². The summed E-state index contributed by atoms with van der Waals surface area (Å²) in [6, 6.07) is 8.25. The van der Waals surface area contributed by atoms with E-state index in [9.17, 15) is 18.4 Å². The Morgan fingerprint density at radius 1 is 0.826 bits per heavy atom. The zero-order chi connectivity index (χ0) is 17.0. The van der Waals surface area contributed by atoms with E-state index in [-0.39, 0.29) is 20.4 Å². The molecule has 0 radical (unpaired) electrons. The molecule has 0 unspecified atom stereocenters. The van der Waals surface area contributed by atoms with Gasteiger partial charge in [0.05, 0.1) is 8.95 Å². The van der Waals surface area contributed by atoms with Gasteiger partial charge in [-0.1, -0.05) is 12.1 Å². The number of ether oxygens (including phenoxy) is 2. The van der Waals surface area contributed by atoms with Crippen molar-refractivity contribution in [2.24, 2.45) is 0 Å². The number of benzene rings is 2. The number of rotatable bonds is 4. The second kappa shape index (κ2) is 7.65. The highest BCUT2D eigenvalue weighted by Gasteiger charge is 2.18. The molecule has 0 heterocycles. The number of hydrogen-bond acceptors (Lipinski definition) is 4. The predicted molar refractivity (Wildman–Crippen MR) is 84.1 cm³/mol. The van der Waals surface area contributed by atoms with Crippen LogP contribution >= 0.6 is 31.9 Å². The van der Waals surface area contributed by atoms with Crippen LogP contribution in [-0.2, 0) is 9.59 Å². The minimum atomic E-state index is -1.03. The van der Waals surface area contributed by atoms with Crippen molar-refractivity contribution in [3.8, 4) is 11.5 Å². The molecular formula is C15H8Br2F2O4. The second-order valence-corrected chi connectivity index (χ2v) is 5.94. The van der Waals surface area contributed by atoms with Gasteiger partial charge in [0.25, 0.3) is 0 Å². The highest BCUT2D eigenvalue weighted by atomic mass is 79.9. The summed E-state index contributed by atoms with van der Waals surface area (Å²) in [6.45, 7) is 0. The van der Waals surface area contributed by atoms with Crippen LogP contribution in [0.2, 0.25) is 0 Å². The van der Waals surface area contributed by atoms with E-state index < -0.39 is 30.0 Å². The number of hydrogen-bond donors (Lipinski definition) is 0. The summed E-state index contributed by atoms with van der Waals surface area (Å²) in [4.78, 5) is 23.2. The van der Waals surface area contributed by atoms with Gasteiger partial charge in [0, 0.05) is 0 Å². The maximum atomic E-state index is 13.6. The molecule has 0 saturated carbocycles.